The Hall–Kier alpha value is -0.420. The van der Waals surface area contributed by atoms with Crippen LogP contribution in [0.3, 0.4) is 0 Å². The van der Waals surface area contributed by atoms with Crippen LogP contribution in [0.5, 0.6) is 0 Å². The Morgan fingerprint density at radius 2 is 2.35 bits per heavy atom. The van der Waals surface area contributed by atoms with Crippen LogP contribution in [0.4, 0.5) is 0 Å². The minimum absolute atomic E-state index is 0.232. The summed E-state index contributed by atoms with van der Waals surface area (Å²) in [5.41, 5.74) is 1.05. The van der Waals surface area contributed by atoms with Crippen molar-refractivity contribution in [3.63, 3.8) is 0 Å². The van der Waals surface area contributed by atoms with Gasteiger partial charge >= 0.3 is 0 Å². The molecule has 5 heteroatoms. The van der Waals surface area contributed by atoms with Crippen LogP contribution in [0, 0.1) is 0 Å². The summed E-state index contributed by atoms with van der Waals surface area (Å²) in [7, 11) is 0. The van der Waals surface area contributed by atoms with Crippen LogP contribution in [0.2, 0.25) is 4.34 Å². The molecule has 0 bridgehead atoms. The highest BCUT2D eigenvalue weighted by molar-refractivity contribution is 9.10. The Kier molecular flexibility index (Phi) is 4.56. The number of nitrogens with zero attached hydrogens (tertiary/aromatic N) is 1. The van der Waals surface area contributed by atoms with E-state index in [2.05, 4.69) is 33.2 Å². The van der Waals surface area contributed by atoms with E-state index in [-0.39, 0.29) is 6.04 Å². The molecule has 0 aliphatic rings. The van der Waals surface area contributed by atoms with Crippen molar-refractivity contribution in [2.75, 3.05) is 0 Å². The van der Waals surface area contributed by atoms with E-state index in [4.69, 9.17) is 11.6 Å². The first-order chi connectivity index (χ1) is 8.16. The van der Waals surface area contributed by atoms with Crippen molar-refractivity contribution >= 4 is 38.9 Å². The van der Waals surface area contributed by atoms with Crippen molar-refractivity contribution < 1.29 is 0 Å². The molecular weight excluding hydrogens is 320 g/mol. The van der Waals surface area contributed by atoms with Gasteiger partial charge in [-0.05, 0) is 41.1 Å². The summed E-state index contributed by atoms with van der Waals surface area (Å²) in [6.07, 6.45) is 1.81. The summed E-state index contributed by atoms with van der Waals surface area (Å²) in [5.74, 6) is 0. The Bertz CT molecular complexity index is 467. The lowest BCUT2D eigenvalue weighted by Gasteiger charge is -2.11. The summed E-state index contributed by atoms with van der Waals surface area (Å²) >= 11 is 11.0. The molecular formula is C12H12BrClN2S. The van der Waals surface area contributed by atoms with E-state index in [0.717, 1.165) is 21.0 Å². The van der Waals surface area contributed by atoms with E-state index >= 15 is 0 Å². The molecule has 0 saturated heterocycles. The van der Waals surface area contributed by atoms with Crippen molar-refractivity contribution in [3.05, 3.63) is 49.8 Å². The van der Waals surface area contributed by atoms with Gasteiger partial charge in [-0.15, -0.1) is 11.3 Å². The maximum Gasteiger partial charge on any atom is 0.107 e. The average Bonchev–Trinajstić information content (AvgIpc) is 2.67. The fourth-order valence-corrected chi connectivity index (χ4v) is 3.21. The zero-order chi connectivity index (χ0) is 12.3. The third kappa shape index (κ3) is 3.52. The average molecular weight is 332 g/mol. The largest absolute Gasteiger partial charge is 0.304 e. The molecule has 90 valence electrons. The molecule has 17 heavy (non-hydrogen) atoms. The molecule has 1 N–H and O–H groups in total. The summed E-state index contributed by atoms with van der Waals surface area (Å²) < 4.78 is 1.76. The number of thiophene rings is 1. The quantitative estimate of drug-likeness (QED) is 0.897. The van der Waals surface area contributed by atoms with Crippen LogP contribution in [0.25, 0.3) is 0 Å². The van der Waals surface area contributed by atoms with Gasteiger partial charge in [0.05, 0.1) is 5.69 Å². The number of nitrogens with one attached hydrogen (secondary N) is 1. The van der Waals surface area contributed by atoms with Gasteiger partial charge in [0.15, 0.2) is 0 Å². The lowest BCUT2D eigenvalue weighted by atomic mass is 10.2. The highest BCUT2D eigenvalue weighted by Crippen LogP contribution is 2.32. The zero-order valence-electron chi connectivity index (χ0n) is 9.28. The molecule has 0 unspecified atom stereocenters. The van der Waals surface area contributed by atoms with Gasteiger partial charge in [-0.2, -0.15) is 0 Å². The summed E-state index contributed by atoms with van der Waals surface area (Å²) in [6.45, 7) is 2.90. The number of aromatic nitrogens is 1. The second kappa shape index (κ2) is 5.96. The molecule has 0 saturated carbocycles. The fraction of sp³-hybridized carbons (Fsp3) is 0.250. The third-order valence-electron chi connectivity index (χ3n) is 2.41. The van der Waals surface area contributed by atoms with Crippen LogP contribution in [-0.4, -0.2) is 4.98 Å². The Labute approximate surface area is 118 Å². The van der Waals surface area contributed by atoms with Gasteiger partial charge in [-0.25, -0.2) is 0 Å². The van der Waals surface area contributed by atoms with Gasteiger partial charge in [-0.1, -0.05) is 17.7 Å². The van der Waals surface area contributed by atoms with Gasteiger partial charge in [0.2, 0.25) is 0 Å². The van der Waals surface area contributed by atoms with E-state index < -0.39 is 0 Å². The van der Waals surface area contributed by atoms with E-state index in [9.17, 15) is 0 Å². The molecule has 0 aromatic carbocycles. The topological polar surface area (TPSA) is 24.9 Å². The van der Waals surface area contributed by atoms with Gasteiger partial charge in [-0.3, -0.25) is 4.98 Å². The molecule has 2 aromatic rings. The molecule has 1 atom stereocenters. The number of halogens is 2. The van der Waals surface area contributed by atoms with Crippen molar-refractivity contribution in [1.82, 2.24) is 10.3 Å². The van der Waals surface area contributed by atoms with Gasteiger partial charge in [0, 0.05) is 28.1 Å². The standard InChI is InChI=1S/C12H12BrClN2S/c1-8(11-4-2-3-5-15-11)16-7-9-6-10(13)12(14)17-9/h2-6,8,16H,7H2,1H3/t8-/m1/s1. The SMILES string of the molecule is C[C@@H](NCc1cc(Br)c(Cl)s1)c1ccccn1. The first-order valence-corrected chi connectivity index (χ1v) is 7.23. The maximum absolute atomic E-state index is 5.99. The van der Waals surface area contributed by atoms with Gasteiger partial charge in [0.1, 0.15) is 4.34 Å². The highest BCUT2D eigenvalue weighted by Gasteiger charge is 2.08. The molecule has 2 aromatic heterocycles. The molecule has 0 aliphatic carbocycles. The molecule has 0 amide bonds. The molecule has 0 aliphatic heterocycles. The minimum atomic E-state index is 0.232. The summed E-state index contributed by atoms with van der Waals surface area (Å²) in [6, 6.07) is 8.22. The molecule has 2 heterocycles. The van der Waals surface area contributed by atoms with Crippen LogP contribution in [0.15, 0.2) is 34.9 Å². The predicted octanol–water partition coefficient (Wildman–Crippen LogP) is 4.41. The van der Waals surface area contributed by atoms with E-state index in [1.165, 1.54) is 4.88 Å². The summed E-state index contributed by atoms with van der Waals surface area (Å²) in [5, 5.41) is 3.42. The van der Waals surface area contributed by atoms with E-state index in [1.807, 2.05) is 30.5 Å². The van der Waals surface area contributed by atoms with Crippen LogP contribution in [0.1, 0.15) is 23.5 Å². The van der Waals surface area contributed by atoms with Crippen molar-refractivity contribution in [2.45, 2.75) is 19.5 Å². The first-order valence-electron chi connectivity index (χ1n) is 5.25. The van der Waals surface area contributed by atoms with Crippen molar-refractivity contribution in [3.8, 4) is 0 Å². The minimum Gasteiger partial charge on any atom is -0.304 e. The van der Waals surface area contributed by atoms with Gasteiger partial charge in [0.25, 0.3) is 0 Å². The molecule has 2 rings (SSSR count). The lowest BCUT2D eigenvalue weighted by molar-refractivity contribution is 0.565. The number of hydrogen-bond acceptors (Lipinski definition) is 3. The molecule has 0 radical (unpaired) electrons. The van der Waals surface area contributed by atoms with E-state index in [0.29, 0.717) is 0 Å². The Balaban J connectivity index is 1.94. The zero-order valence-corrected chi connectivity index (χ0v) is 12.4. The van der Waals surface area contributed by atoms with Crippen LogP contribution < -0.4 is 5.32 Å². The molecule has 0 fully saturated rings. The second-order valence-corrected chi connectivity index (χ2v) is 6.28. The first kappa shape index (κ1) is 13.0. The lowest BCUT2D eigenvalue weighted by Crippen LogP contribution is -2.18. The number of hydrogen-bond donors (Lipinski definition) is 1. The maximum atomic E-state index is 5.99. The van der Waals surface area contributed by atoms with Crippen LogP contribution >= 0.6 is 38.9 Å². The van der Waals surface area contributed by atoms with Crippen LogP contribution in [-0.2, 0) is 6.54 Å². The Morgan fingerprint density at radius 3 is 2.94 bits per heavy atom. The Morgan fingerprint density at radius 1 is 1.53 bits per heavy atom. The molecule has 0 spiro atoms. The summed E-state index contributed by atoms with van der Waals surface area (Å²) in [4.78, 5) is 5.53. The number of pyridine rings is 1. The van der Waals surface area contributed by atoms with E-state index in [1.54, 1.807) is 11.3 Å². The van der Waals surface area contributed by atoms with Gasteiger partial charge < -0.3 is 5.32 Å². The predicted molar refractivity (Wildman–Crippen MR) is 76.5 cm³/mol. The third-order valence-corrected chi connectivity index (χ3v) is 4.88. The fourth-order valence-electron chi connectivity index (χ4n) is 1.47. The second-order valence-electron chi connectivity index (χ2n) is 3.69. The van der Waals surface area contributed by atoms with Crippen molar-refractivity contribution in [1.29, 1.82) is 0 Å². The normalized spacial score (nSPS) is 12.6. The highest BCUT2D eigenvalue weighted by atomic mass is 79.9. The molecule has 2 nitrogen and oxygen atoms in total. The smallest absolute Gasteiger partial charge is 0.107 e. The monoisotopic (exact) mass is 330 g/mol. The number of rotatable bonds is 4. The van der Waals surface area contributed by atoms with Crippen molar-refractivity contribution in [2.24, 2.45) is 0 Å².